The van der Waals surface area contributed by atoms with Crippen molar-refractivity contribution >= 4 is 12.0 Å². The quantitative estimate of drug-likeness (QED) is 0.453. The topological polar surface area (TPSA) is 60.2 Å². The summed E-state index contributed by atoms with van der Waals surface area (Å²) in [4.78, 5) is 20.3. The highest BCUT2D eigenvalue weighted by molar-refractivity contribution is 5.62. The number of halogens is 2. The molecule has 0 aliphatic heterocycles. The Kier molecular flexibility index (Phi) is 3.65. The monoisotopic (exact) mass is 229 g/mol. The lowest BCUT2D eigenvalue weighted by Gasteiger charge is -2.07. The molecule has 1 aromatic carbocycles. The van der Waals surface area contributed by atoms with Crippen molar-refractivity contribution in [2.24, 2.45) is 0 Å². The summed E-state index contributed by atoms with van der Waals surface area (Å²) in [5, 5.41) is 10.5. The summed E-state index contributed by atoms with van der Waals surface area (Å²) in [6, 6.07) is 3.05. The van der Waals surface area contributed by atoms with Crippen LogP contribution in [-0.2, 0) is 4.79 Å². The Morgan fingerprint density at radius 2 is 1.88 bits per heavy atom. The molecule has 0 N–H and O–H groups in total. The molecule has 0 amide bonds. The van der Waals surface area contributed by atoms with Crippen LogP contribution in [0, 0.1) is 10.1 Å². The number of hydrogen-bond acceptors (Lipinski definition) is 3. The van der Waals surface area contributed by atoms with Gasteiger partial charge >= 0.3 is 0 Å². The molecule has 0 bridgehead atoms. The highest BCUT2D eigenvalue weighted by Crippen LogP contribution is 2.28. The molecular weight excluding hydrogens is 220 g/mol. The molecule has 1 rings (SSSR count). The Balaban J connectivity index is 3.29. The van der Waals surface area contributed by atoms with Gasteiger partial charge in [0.05, 0.1) is 4.92 Å². The zero-order valence-corrected chi connectivity index (χ0v) is 8.39. The number of hydrogen-bond donors (Lipinski definition) is 0. The molecule has 0 saturated heterocycles. The number of benzene rings is 1. The fourth-order valence-corrected chi connectivity index (χ4v) is 1.23. The van der Waals surface area contributed by atoms with E-state index in [2.05, 4.69) is 0 Å². The van der Waals surface area contributed by atoms with Crippen LogP contribution in [0.1, 0.15) is 30.4 Å². The Hall–Kier alpha value is -1.85. The van der Waals surface area contributed by atoms with Gasteiger partial charge in [0.2, 0.25) is 0 Å². The standard InChI is InChI=1S/C10H9F2NO3/c1-6(5-14)7-2-8(10(11)12)4-9(3-7)13(15)16/h2-6,10H,1H3. The van der Waals surface area contributed by atoms with Gasteiger partial charge in [-0.05, 0) is 11.6 Å². The number of carbonyl (C=O) groups is 1. The zero-order chi connectivity index (χ0) is 12.3. The number of rotatable bonds is 4. The maximum atomic E-state index is 12.4. The van der Waals surface area contributed by atoms with Crippen LogP contribution in [-0.4, -0.2) is 11.2 Å². The molecule has 0 radical (unpaired) electrons. The first-order chi connectivity index (χ1) is 7.45. The molecule has 1 unspecified atom stereocenters. The summed E-state index contributed by atoms with van der Waals surface area (Å²) < 4.78 is 24.9. The minimum absolute atomic E-state index is 0.222. The number of nitro benzene ring substituents is 1. The first kappa shape index (κ1) is 12.2. The minimum Gasteiger partial charge on any atom is -0.303 e. The molecule has 0 heterocycles. The van der Waals surface area contributed by atoms with Crippen LogP contribution in [0.2, 0.25) is 0 Å². The third-order valence-electron chi connectivity index (χ3n) is 2.16. The molecule has 0 saturated carbocycles. The van der Waals surface area contributed by atoms with Crippen LogP contribution in [0.25, 0.3) is 0 Å². The highest BCUT2D eigenvalue weighted by Gasteiger charge is 2.17. The van der Waals surface area contributed by atoms with Gasteiger partial charge in [-0.15, -0.1) is 0 Å². The summed E-state index contributed by atoms with van der Waals surface area (Å²) in [5.74, 6) is -0.641. The first-order valence-corrected chi connectivity index (χ1v) is 4.48. The van der Waals surface area contributed by atoms with Gasteiger partial charge in [-0.25, -0.2) is 8.78 Å². The molecule has 0 aromatic heterocycles. The Bertz CT molecular complexity index is 421. The summed E-state index contributed by atoms with van der Waals surface area (Å²) >= 11 is 0. The molecule has 86 valence electrons. The van der Waals surface area contributed by atoms with E-state index in [-0.39, 0.29) is 5.56 Å². The van der Waals surface area contributed by atoms with Crippen LogP contribution in [0.3, 0.4) is 0 Å². The van der Waals surface area contributed by atoms with Crippen molar-refractivity contribution in [1.29, 1.82) is 0 Å². The van der Waals surface area contributed by atoms with Crippen molar-refractivity contribution in [3.05, 3.63) is 39.4 Å². The predicted molar refractivity (Wildman–Crippen MR) is 52.5 cm³/mol. The fourth-order valence-electron chi connectivity index (χ4n) is 1.23. The SMILES string of the molecule is CC(C=O)c1cc(C(F)F)cc([N+](=O)[O-])c1. The second-order valence-corrected chi connectivity index (χ2v) is 3.34. The van der Waals surface area contributed by atoms with E-state index in [1.54, 1.807) is 0 Å². The van der Waals surface area contributed by atoms with Gasteiger partial charge < -0.3 is 4.79 Å². The predicted octanol–water partition coefficient (Wildman–Crippen LogP) is 2.83. The van der Waals surface area contributed by atoms with Crippen molar-refractivity contribution < 1.29 is 18.5 Å². The molecule has 16 heavy (non-hydrogen) atoms. The summed E-state index contributed by atoms with van der Waals surface area (Å²) in [6.45, 7) is 1.49. The molecular formula is C10H9F2NO3. The summed E-state index contributed by atoms with van der Waals surface area (Å²) in [7, 11) is 0. The summed E-state index contributed by atoms with van der Waals surface area (Å²) in [5.41, 5.74) is -0.654. The second-order valence-electron chi connectivity index (χ2n) is 3.34. The van der Waals surface area contributed by atoms with Gasteiger partial charge in [0.25, 0.3) is 12.1 Å². The molecule has 4 nitrogen and oxygen atoms in total. The number of non-ortho nitro benzene ring substituents is 1. The minimum atomic E-state index is -2.79. The van der Waals surface area contributed by atoms with E-state index in [0.29, 0.717) is 6.29 Å². The van der Waals surface area contributed by atoms with E-state index in [9.17, 15) is 23.7 Å². The van der Waals surface area contributed by atoms with E-state index in [1.165, 1.54) is 6.92 Å². The largest absolute Gasteiger partial charge is 0.303 e. The average molecular weight is 229 g/mol. The fraction of sp³-hybridized carbons (Fsp3) is 0.300. The Morgan fingerprint density at radius 1 is 1.31 bits per heavy atom. The average Bonchev–Trinajstić information content (AvgIpc) is 2.27. The number of carbonyl (C=O) groups excluding carboxylic acids is 1. The normalized spacial score (nSPS) is 12.5. The van der Waals surface area contributed by atoms with Crippen molar-refractivity contribution in [1.82, 2.24) is 0 Å². The molecule has 0 aliphatic carbocycles. The number of nitrogens with zero attached hydrogens (tertiary/aromatic N) is 1. The maximum Gasteiger partial charge on any atom is 0.270 e. The van der Waals surface area contributed by atoms with Crippen LogP contribution in [0.4, 0.5) is 14.5 Å². The van der Waals surface area contributed by atoms with E-state index >= 15 is 0 Å². The van der Waals surface area contributed by atoms with Crippen LogP contribution >= 0.6 is 0 Å². The van der Waals surface area contributed by atoms with Crippen LogP contribution in [0.15, 0.2) is 18.2 Å². The van der Waals surface area contributed by atoms with E-state index in [1.807, 2.05) is 0 Å². The lowest BCUT2D eigenvalue weighted by atomic mass is 9.99. The van der Waals surface area contributed by atoms with Crippen molar-refractivity contribution in [3.63, 3.8) is 0 Å². The van der Waals surface area contributed by atoms with Gasteiger partial charge in [0.15, 0.2) is 0 Å². The molecule has 0 fully saturated rings. The third-order valence-corrected chi connectivity index (χ3v) is 2.16. The van der Waals surface area contributed by atoms with Gasteiger partial charge in [-0.2, -0.15) is 0 Å². The Morgan fingerprint density at radius 3 is 2.31 bits per heavy atom. The number of nitro groups is 1. The number of aldehydes is 1. The van der Waals surface area contributed by atoms with Crippen molar-refractivity contribution in [2.75, 3.05) is 0 Å². The first-order valence-electron chi connectivity index (χ1n) is 4.48. The zero-order valence-electron chi connectivity index (χ0n) is 8.39. The highest BCUT2D eigenvalue weighted by atomic mass is 19.3. The molecule has 6 heteroatoms. The smallest absolute Gasteiger partial charge is 0.270 e. The third kappa shape index (κ3) is 2.59. The lowest BCUT2D eigenvalue weighted by molar-refractivity contribution is -0.385. The molecule has 0 aliphatic rings. The molecule has 1 atom stereocenters. The summed E-state index contributed by atoms with van der Waals surface area (Å²) in [6.07, 6.45) is -2.24. The second kappa shape index (κ2) is 4.78. The van der Waals surface area contributed by atoms with Gasteiger partial charge in [-0.1, -0.05) is 6.92 Å². The van der Waals surface area contributed by atoms with Crippen molar-refractivity contribution in [3.8, 4) is 0 Å². The van der Waals surface area contributed by atoms with Crippen LogP contribution in [0.5, 0.6) is 0 Å². The van der Waals surface area contributed by atoms with E-state index < -0.39 is 28.5 Å². The molecule has 1 aromatic rings. The van der Waals surface area contributed by atoms with E-state index in [4.69, 9.17) is 0 Å². The molecule has 0 spiro atoms. The van der Waals surface area contributed by atoms with Crippen LogP contribution < -0.4 is 0 Å². The van der Waals surface area contributed by atoms with Gasteiger partial charge in [-0.3, -0.25) is 10.1 Å². The van der Waals surface area contributed by atoms with Gasteiger partial charge in [0, 0.05) is 23.6 Å². The van der Waals surface area contributed by atoms with Crippen molar-refractivity contribution in [2.45, 2.75) is 19.3 Å². The maximum absolute atomic E-state index is 12.4. The lowest BCUT2D eigenvalue weighted by Crippen LogP contribution is -1.99. The van der Waals surface area contributed by atoms with E-state index in [0.717, 1.165) is 18.2 Å². The van der Waals surface area contributed by atoms with Gasteiger partial charge in [0.1, 0.15) is 6.29 Å². The number of alkyl halides is 2. The Labute approximate surface area is 90.0 Å².